The van der Waals surface area contributed by atoms with E-state index >= 15 is 0 Å². The predicted molar refractivity (Wildman–Crippen MR) is 101 cm³/mol. The van der Waals surface area contributed by atoms with E-state index in [4.69, 9.17) is 0 Å². The third-order valence-corrected chi connectivity index (χ3v) is 5.49. The number of piperazine rings is 1. The van der Waals surface area contributed by atoms with E-state index < -0.39 is 0 Å². The number of benzene rings is 1. The second kappa shape index (κ2) is 8.41. The predicted octanol–water partition coefficient (Wildman–Crippen LogP) is 3.36. The number of carbonyl (C=O) groups is 2. The van der Waals surface area contributed by atoms with E-state index in [1.807, 2.05) is 36.1 Å². The Morgan fingerprint density at radius 3 is 2.36 bits per heavy atom. The first kappa shape index (κ1) is 17.8. The van der Waals surface area contributed by atoms with Gasteiger partial charge in [0, 0.05) is 56.0 Å². The quantitative estimate of drug-likeness (QED) is 0.745. The fraction of sp³-hybridized carbons (Fsp3) is 0.400. The Labute approximate surface area is 153 Å². The molecule has 132 valence electrons. The standard InChI is InChI=1S/C20H24N2O2S/c1-16-4-6-17(7-5-16)19(23)8-9-20(24)22-12-10-21(11-13-22)15-18-3-2-14-25-18/h2-7,14H,8-13,15H2,1H3. The van der Waals surface area contributed by atoms with Crippen LogP contribution in [0.3, 0.4) is 0 Å². The zero-order valence-corrected chi connectivity index (χ0v) is 15.4. The molecule has 1 aromatic carbocycles. The number of thiophene rings is 1. The summed E-state index contributed by atoms with van der Waals surface area (Å²) in [5.74, 6) is 0.140. The summed E-state index contributed by atoms with van der Waals surface area (Å²) < 4.78 is 0. The van der Waals surface area contributed by atoms with Crippen molar-refractivity contribution in [1.82, 2.24) is 9.80 Å². The lowest BCUT2D eigenvalue weighted by atomic mass is 10.0. The highest BCUT2D eigenvalue weighted by atomic mass is 32.1. The van der Waals surface area contributed by atoms with E-state index in [0.717, 1.165) is 38.3 Å². The molecule has 1 aliphatic heterocycles. The molecule has 2 aromatic rings. The van der Waals surface area contributed by atoms with Gasteiger partial charge in [0.25, 0.3) is 0 Å². The molecular weight excluding hydrogens is 332 g/mol. The molecule has 25 heavy (non-hydrogen) atoms. The van der Waals surface area contributed by atoms with Gasteiger partial charge in [-0.15, -0.1) is 11.3 Å². The number of hydrogen-bond donors (Lipinski definition) is 0. The number of nitrogens with zero attached hydrogens (tertiary/aromatic N) is 2. The maximum absolute atomic E-state index is 12.4. The highest BCUT2D eigenvalue weighted by molar-refractivity contribution is 7.09. The van der Waals surface area contributed by atoms with Gasteiger partial charge in [-0.3, -0.25) is 14.5 Å². The van der Waals surface area contributed by atoms with Crippen LogP contribution in [0.1, 0.15) is 33.6 Å². The molecule has 5 heteroatoms. The molecular formula is C20H24N2O2S. The molecule has 1 amide bonds. The number of hydrogen-bond acceptors (Lipinski definition) is 4. The van der Waals surface area contributed by atoms with Crippen LogP contribution < -0.4 is 0 Å². The van der Waals surface area contributed by atoms with Gasteiger partial charge < -0.3 is 4.90 Å². The first-order chi connectivity index (χ1) is 12.1. The first-order valence-electron chi connectivity index (χ1n) is 8.74. The van der Waals surface area contributed by atoms with Crippen LogP contribution in [0.2, 0.25) is 0 Å². The van der Waals surface area contributed by atoms with Gasteiger partial charge in [-0.2, -0.15) is 0 Å². The van der Waals surface area contributed by atoms with E-state index in [1.165, 1.54) is 4.88 Å². The van der Waals surface area contributed by atoms with Crippen molar-refractivity contribution >= 4 is 23.0 Å². The van der Waals surface area contributed by atoms with Crippen molar-refractivity contribution in [3.05, 3.63) is 57.8 Å². The SMILES string of the molecule is Cc1ccc(C(=O)CCC(=O)N2CCN(Cc3cccs3)CC2)cc1. The van der Waals surface area contributed by atoms with Crippen molar-refractivity contribution in [2.24, 2.45) is 0 Å². The van der Waals surface area contributed by atoms with E-state index in [1.54, 1.807) is 11.3 Å². The molecule has 0 bridgehead atoms. The van der Waals surface area contributed by atoms with E-state index in [-0.39, 0.29) is 18.1 Å². The number of aryl methyl sites for hydroxylation is 1. The maximum Gasteiger partial charge on any atom is 0.223 e. The number of ketones is 1. The van der Waals surface area contributed by atoms with Crippen LogP contribution in [0.25, 0.3) is 0 Å². The summed E-state index contributed by atoms with van der Waals surface area (Å²) in [7, 11) is 0. The Bertz CT molecular complexity index is 702. The summed E-state index contributed by atoms with van der Waals surface area (Å²) in [6.45, 7) is 6.26. The van der Waals surface area contributed by atoms with E-state index in [2.05, 4.69) is 22.4 Å². The molecule has 0 spiro atoms. The Morgan fingerprint density at radius 2 is 1.72 bits per heavy atom. The minimum absolute atomic E-state index is 0.0460. The smallest absolute Gasteiger partial charge is 0.223 e. The molecule has 1 aromatic heterocycles. The molecule has 0 radical (unpaired) electrons. The lowest BCUT2D eigenvalue weighted by Crippen LogP contribution is -2.48. The first-order valence-corrected chi connectivity index (χ1v) is 9.62. The van der Waals surface area contributed by atoms with Gasteiger partial charge >= 0.3 is 0 Å². The van der Waals surface area contributed by atoms with E-state index in [0.29, 0.717) is 12.0 Å². The number of carbonyl (C=O) groups excluding carboxylic acids is 2. The van der Waals surface area contributed by atoms with Crippen molar-refractivity contribution in [3.63, 3.8) is 0 Å². The summed E-state index contributed by atoms with van der Waals surface area (Å²) in [6, 6.07) is 11.8. The second-order valence-corrected chi connectivity index (χ2v) is 7.56. The molecule has 1 aliphatic rings. The molecule has 4 nitrogen and oxygen atoms in total. The lowest BCUT2D eigenvalue weighted by Gasteiger charge is -2.34. The minimum Gasteiger partial charge on any atom is -0.340 e. The highest BCUT2D eigenvalue weighted by Gasteiger charge is 2.21. The molecule has 0 atom stereocenters. The largest absolute Gasteiger partial charge is 0.340 e. The van der Waals surface area contributed by atoms with Crippen LogP contribution in [0.15, 0.2) is 41.8 Å². The third-order valence-electron chi connectivity index (χ3n) is 4.62. The fourth-order valence-corrected chi connectivity index (χ4v) is 3.79. The number of rotatable bonds is 6. The molecule has 0 N–H and O–H groups in total. The van der Waals surface area contributed by atoms with Crippen LogP contribution in [-0.4, -0.2) is 47.7 Å². The minimum atomic E-state index is 0.0460. The van der Waals surface area contributed by atoms with Gasteiger partial charge in [-0.05, 0) is 18.4 Å². The van der Waals surface area contributed by atoms with Crippen LogP contribution in [-0.2, 0) is 11.3 Å². The summed E-state index contributed by atoms with van der Waals surface area (Å²) in [6.07, 6.45) is 0.592. The van der Waals surface area contributed by atoms with Crippen LogP contribution in [0.5, 0.6) is 0 Å². The molecule has 0 unspecified atom stereocenters. The highest BCUT2D eigenvalue weighted by Crippen LogP contribution is 2.14. The summed E-state index contributed by atoms with van der Waals surface area (Å²) in [4.78, 5) is 30.2. The summed E-state index contributed by atoms with van der Waals surface area (Å²) >= 11 is 1.77. The third kappa shape index (κ3) is 5.00. The topological polar surface area (TPSA) is 40.6 Å². The van der Waals surface area contributed by atoms with Crippen molar-refractivity contribution in [2.75, 3.05) is 26.2 Å². The van der Waals surface area contributed by atoms with Gasteiger partial charge in [-0.25, -0.2) is 0 Å². The monoisotopic (exact) mass is 356 g/mol. The van der Waals surface area contributed by atoms with Crippen LogP contribution in [0.4, 0.5) is 0 Å². The molecule has 1 fully saturated rings. The molecule has 3 rings (SSSR count). The summed E-state index contributed by atoms with van der Waals surface area (Å²) in [5.41, 5.74) is 1.83. The zero-order valence-electron chi connectivity index (χ0n) is 14.6. The Hall–Kier alpha value is -1.98. The van der Waals surface area contributed by atoms with Crippen molar-refractivity contribution in [1.29, 1.82) is 0 Å². The molecule has 1 saturated heterocycles. The second-order valence-electron chi connectivity index (χ2n) is 6.53. The summed E-state index contributed by atoms with van der Waals surface area (Å²) in [5, 5.41) is 2.10. The van der Waals surface area contributed by atoms with Crippen molar-refractivity contribution < 1.29 is 9.59 Å². The van der Waals surface area contributed by atoms with Gasteiger partial charge in [0.1, 0.15) is 0 Å². The fourth-order valence-electron chi connectivity index (χ4n) is 3.04. The Morgan fingerprint density at radius 1 is 1.00 bits per heavy atom. The molecule has 2 heterocycles. The van der Waals surface area contributed by atoms with Crippen LogP contribution >= 0.6 is 11.3 Å². The lowest BCUT2D eigenvalue weighted by molar-refractivity contribution is -0.132. The van der Waals surface area contributed by atoms with Gasteiger partial charge in [0.05, 0.1) is 0 Å². The zero-order chi connectivity index (χ0) is 17.6. The number of amides is 1. The van der Waals surface area contributed by atoms with Crippen LogP contribution in [0, 0.1) is 6.92 Å². The number of Topliss-reactive ketones (excluding diaryl/α,β-unsaturated/α-hetero) is 1. The molecule has 0 aliphatic carbocycles. The average molecular weight is 356 g/mol. The Balaban J connectivity index is 1.42. The van der Waals surface area contributed by atoms with E-state index in [9.17, 15) is 9.59 Å². The average Bonchev–Trinajstić information content (AvgIpc) is 3.13. The van der Waals surface area contributed by atoms with Crippen molar-refractivity contribution in [2.45, 2.75) is 26.3 Å². The normalized spacial score (nSPS) is 15.3. The maximum atomic E-state index is 12.4. The molecule has 0 saturated carbocycles. The van der Waals surface area contributed by atoms with Gasteiger partial charge in [0.2, 0.25) is 5.91 Å². The van der Waals surface area contributed by atoms with Gasteiger partial charge in [-0.1, -0.05) is 35.9 Å². The van der Waals surface area contributed by atoms with Gasteiger partial charge in [0.15, 0.2) is 5.78 Å². The Kier molecular flexibility index (Phi) is 6.00. The van der Waals surface area contributed by atoms with Crippen molar-refractivity contribution in [3.8, 4) is 0 Å².